The second-order valence-corrected chi connectivity index (χ2v) is 5.82. The van der Waals surface area contributed by atoms with Crippen LogP contribution in [0.1, 0.15) is 31.4 Å². The van der Waals surface area contributed by atoms with Gasteiger partial charge in [-0.05, 0) is 25.0 Å². The number of ether oxygens (including phenoxy) is 2. The summed E-state index contributed by atoms with van der Waals surface area (Å²) in [6.45, 7) is 3.76. The van der Waals surface area contributed by atoms with Crippen molar-refractivity contribution in [2.24, 2.45) is 0 Å². The van der Waals surface area contributed by atoms with Gasteiger partial charge in [0.1, 0.15) is 6.04 Å². The summed E-state index contributed by atoms with van der Waals surface area (Å²) in [6.07, 6.45) is 5.05. The average Bonchev–Trinajstić information content (AvgIpc) is 3.09. The molecule has 0 fully saturated rings. The van der Waals surface area contributed by atoms with Gasteiger partial charge >= 0.3 is 0 Å². The van der Waals surface area contributed by atoms with E-state index in [2.05, 4.69) is 5.10 Å². The zero-order valence-corrected chi connectivity index (χ0v) is 14.1. The highest BCUT2D eigenvalue weighted by molar-refractivity contribution is 5.80. The molecule has 1 aliphatic heterocycles. The molecular formula is C18H23N3O3. The number of benzene rings is 1. The lowest BCUT2D eigenvalue weighted by molar-refractivity contribution is -0.136. The minimum absolute atomic E-state index is 0.0943. The summed E-state index contributed by atoms with van der Waals surface area (Å²) in [5, 5.41) is 4.24. The van der Waals surface area contributed by atoms with Crippen LogP contribution >= 0.6 is 0 Å². The first-order chi connectivity index (χ1) is 11.7. The van der Waals surface area contributed by atoms with Gasteiger partial charge in [-0.3, -0.25) is 9.48 Å². The van der Waals surface area contributed by atoms with Crippen molar-refractivity contribution in [1.82, 2.24) is 14.7 Å². The fourth-order valence-electron chi connectivity index (χ4n) is 3.06. The Kier molecular flexibility index (Phi) is 5.03. The van der Waals surface area contributed by atoms with E-state index in [9.17, 15) is 4.79 Å². The van der Waals surface area contributed by atoms with Crippen LogP contribution in [0, 0.1) is 0 Å². The van der Waals surface area contributed by atoms with Crippen LogP contribution in [0.4, 0.5) is 0 Å². The van der Waals surface area contributed by atoms with Crippen molar-refractivity contribution in [2.45, 2.75) is 32.4 Å². The van der Waals surface area contributed by atoms with Crippen LogP contribution in [0.2, 0.25) is 0 Å². The molecular weight excluding hydrogens is 306 g/mol. The molecule has 6 nitrogen and oxygen atoms in total. The van der Waals surface area contributed by atoms with E-state index in [4.69, 9.17) is 9.47 Å². The smallest absolute Gasteiger partial charge is 0.247 e. The zero-order valence-electron chi connectivity index (χ0n) is 14.1. The monoisotopic (exact) mass is 329 g/mol. The number of carbonyl (C=O) groups is 1. The van der Waals surface area contributed by atoms with Crippen molar-refractivity contribution < 1.29 is 14.3 Å². The third-order valence-corrected chi connectivity index (χ3v) is 4.29. The minimum Gasteiger partial charge on any atom is -0.493 e. The van der Waals surface area contributed by atoms with Gasteiger partial charge in [0.2, 0.25) is 5.91 Å². The van der Waals surface area contributed by atoms with Gasteiger partial charge in [0, 0.05) is 31.0 Å². The molecule has 0 bridgehead atoms. The fraction of sp³-hybridized carbons (Fsp3) is 0.444. The molecule has 1 aromatic heterocycles. The molecule has 2 aromatic rings. The maximum atomic E-state index is 13.1. The average molecular weight is 329 g/mol. The predicted octanol–water partition coefficient (Wildman–Crippen LogP) is 2.65. The predicted molar refractivity (Wildman–Crippen MR) is 90.1 cm³/mol. The molecule has 0 saturated carbocycles. The molecule has 3 rings (SSSR count). The number of aromatic nitrogens is 2. The molecule has 0 saturated heterocycles. The van der Waals surface area contributed by atoms with Crippen molar-refractivity contribution in [2.75, 3.05) is 20.3 Å². The van der Waals surface area contributed by atoms with E-state index in [1.54, 1.807) is 18.0 Å². The van der Waals surface area contributed by atoms with E-state index in [0.29, 0.717) is 31.9 Å². The highest BCUT2D eigenvalue weighted by Crippen LogP contribution is 2.33. The molecule has 1 atom stereocenters. The molecule has 0 radical (unpaired) electrons. The standard InChI is InChI=1S/C18H23N3O3/c1-3-15(21-11-5-9-19-21)18(22)20-10-6-12-24-17-14(13-20)7-4-8-16(17)23-2/h4-5,7-9,11,15H,3,6,10,12-13H2,1-2H3/t15-/m0/s1. The molecule has 1 amide bonds. The third-order valence-electron chi connectivity index (χ3n) is 4.29. The Hall–Kier alpha value is -2.50. The van der Waals surface area contributed by atoms with Gasteiger partial charge in [0.05, 0.1) is 13.7 Å². The fourth-order valence-corrected chi connectivity index (χ4v) is 3.06. The van der Waals surface area contributed by atoms with Crippen LogP contribution in [-0.4, -0.2) is 40.8 Å². The summed E-state index contributed by atoms with van der Waals surface area (Å²) in [5.41, 5.74) is 0.970. The molecule has 1 aromatic carbocycles. The summed E-state index contributed by atoms with van der Waals surface area (Å²) >= 11 is 0. The number of rotatable bonds is 4. The first-order valence-corrected chi connectivity index (χ1v) is 8.31. The first-order valence-electron chi connectivity index (χ1n) is 8.31. The summed E-state index contributed by atoms with van der Waals surface area (Å²) < 4.78 is 13.0. The van der Waals surface area contributed by atoms with Gasteiger partial charge in [-0.1, -0.05) is 19.1 Å². The Bertz CT molecular complexity index is 685. The summed E-state index contributed by atoms with van der Waals surface area (Å²) in [6, 6.07) is 7.37. The van der Waals surface area contributed by atoms with Gasteiger partial charge in [-0.15, -0.1) is 0 Å². The molecule has 6 heteroatoms. The van der Waals surface area contributed by atoms with Crippen LogP contribution in [-0.2, 0) is 11.3 Å². The van der Waals surface area contributed by atoms with Gasteiger partial charge in [-0.2, -0.15) is 5.10 Å². The first kappa shape index (κ1) is 16.4. The highest BCUT2D eigenvalue weighted by Gasteiger charge is 2.27. The summed E-state index contributed by atoms with van der Waals surface area (Å²) in [7, 11) is 1.63. The van der Waals surface area contributed by atoms with Crippen molar-refractivity contribution in [3.05, 3.63) is 42.2 Å². The number of nitrogens with zero attached hydrogens (tertiary/aromatic N) is 3. The number of hydrogen-bond donors (Lipinski definition) is 0. The van der Waals surface area contributed by atoms with E-state index in [0.717, 1.165) is 17.7 Å². The lowest BCUT2D eigenvalue weighted by atomic mass is 10.1. The number of hydrogen-bond acceptors (Lipinski definition) is 4. The van der Waals surface area contributed by atoms with Crippen LogP contribution < -0.4 is 9.47 Å². The van der Waals surface area contributed by atoms with Gasteiger partial charge in [0.15, 0.2) is 11.5 Å². The van der Waals surface area contributed by atoms with E-state index < -0.39 is 0 Å². The van der Waals surface area contributed by atoms with E-state index in [-0.39, 0.29) is 11.9 Å². The van der Waals surface area contributed by atoms with Crippen molar-refractivity contribution in [3.63, 3.8) is 0 Å². The third kappa shape index (κ3) is 3.22. The molecule has 128 valence electrons. The molecule has 24 heavy (non-hydrogen) atoms. The van der Waals surface area contributed by atoms with E-state index in [1.807, 2.05) is 42.3 Å². The molecule has 0 aliphatic carbocycles. The van der Waals surface area contributed by atoms with Crippen molar-refractivity contribution in [3.8, 4) is 11.5 Å². The second kappa shape index (κ2) is 7.38. The van der Waals surface area contributed by atoms with Crippen LogP contribution in [0.25, 0.3) is 0 Å². The maximum Gasteiger partial charge on any atom is 0.247 e. The number of fused-ring (bicyclic) bond motifs is 1. The molecule has 2 heterocycles. The van der Waals surface area contributed by atoms with E-state index in [1.165, 1.54) is 0 Å². The SMILES string of the molecule is CC[C@@H](C(=O)N1CCCOc2c(cccc2OC)C1)n1cccn1. The largest absolute Gasteiger partial charge is 0.493 e. The summed E-state index contributed by atoms with van der Waals surface area (Å²) in [5.74, 6) is 1.54. The maximum absolute atomic E-state index is 13.1. The van der Waals surface area contributed by atoms with Gasteiger partial charge in [-0.25, -0.2) is 0 Å². The van der Waals surface area contributed by atoms with Crippen molar-refractivity contribution in [1.29, 1.82) is 0 Å². The Morgan fingerprint density at radius 2 is 2.29 bits per heavy atom. The number of carbonyl (C=O) groups excluding carboxylic acids is 1. The Morgan fingerprint density at radius 3 is 3.00 bits per heavy atom. The van der Waals surface area contributed by atoms with Crippen LogP contribution in [0.3, 0.4) is 0 Å². The van der Waals surface area contributed by atoms with Gasteiger partial charge in [0.25, 0.3) is 0 Å². The number of para-hydroxylation sites is 1. The topological polar surface area (TPSA) is 56.6 Å². The molecule has 0 N–H and O–H groups in total. The second-order valence-electron chi connectivity index (χ2n) is 5.82. The van der Waals surface area contributed by atoms with Crippen LogP contribution in [0.5, 0.6) is 11.5 Å². The van der Waals surface area contributed by atoms with E-state index >= 15 is 0 Å². The van der Waals surface area contributed by atoms with Crippen molar-refractivity contribution >= 4 is 5.91 Å². The number of methoxy groups -OCH3 is 1. The van der Waals surface area contributed by atoms with Gasteiger partial charge < -0.3 is 14.4 Å². The molecule has 0 spiro atoms. The normalized spacial score (nSPS) is 15.7. The summed E-state index contributed by atoms with van der Waals surface area (Å²) in [4.78, 5) is 14.9. The minimum atomic E-state index is -0.269. The Balaban J connectivity index is 1.86. The number of amides is 1. The van der Waals surface area contributed by atoms with Crippen LogP contribution in [0.15, 0.2) is 36.7 Å². The zero-order chi connectivity index (χ0) is 16.9. The molecule has 1 aliphatic rings. The Morgan fingerprint density at radius 1 is 1.42 bits per heavy atom. The Labute approximate surface area is 142 Å². The highest BCUT2D eigenvalue weighted by atomic mass is 16.5. The quantitative estimate of drug-likeness (QED) is 0.865. The lowest BCUT2D eigenvalue weighted by Crippen LogP contribution is -2.39. The molecule has 0 unspecified atom stereocenters. The lowest BCUT2D eigenvalue weighted by Gasteiger charge is -2.30.